The molecule has 21 heavy (non-hydrogen) atoms. The fraction of sp³-hybridized carbons (Fsp3) is 0.429. The minimum atomic E-state index is -0.659. The van der Waals surface area contributed by atoms with Gasteiger partial charge in [-0.25, -0.2) is 8.78 Å². The van der Waals surface area contributed by atoms with E-state index in [1.165, 1.54) is 11.3 Å². The van der Waals surface area contributed by atoms with Gasteiger partial charge in [-0.1, -0.05) is 29.9 Å². The van der Waals surface area contributed by atoms with E-state index < -0.39 is 11.6 Å². The van der Waals surface area contributed by atoms with E-state index in [2.05, 4.69) is 22.4 Å². The summed E-state index contributed by atoms with van der Waals surface area (Å²) in [6, 6.07) is 2.02. The highest BCUT2D eigenvalue weighted by Crippen LogP contribution is 2.30. The predicted octanol–water partition coefficient (Wildman–Crippen LogP) is 4.07. The summed E-state index contributed by atoms with van der Waals surface area (Å²) < 4.78 is 27.2. The lowest BCUT2D eigenvalue weighted by Gasteiger charge is -2.01. The lowest BCUT2D eigenvalue weighted by Crippen LogP contribution is -2.16. The van der Waals surface area contributed by atoms with Crippen LogP contribution in [0.15, 0.2) is 12.1 Å². The van der Waals surface area contributed by atoms with E-state index in [-0.39, 0.29) is 10.6 Å². The highest BCUT2D eigenvalue weighted by molar-refractivity contribution is 7.14. The fourth-order valence-corrected chi connectivity index (χ4v) is 2.87. The van der Waals surface area contributed by atoms with Crippen molar-refractivity contribution >= 4 is 22.9 Å². The van der Waals surface area contributed by atoms with Gasteiger partial charge in [0, 0.05) is 6.42 Å². The fourth-order valence-electron chi connectivity index (χ4n) is 1.82. The van der Waals surface area contributed by atoms with E-state index in [9.17, 15) is 8.78 Å². The average Bonchev–Trinajstić information content (AvgIpc) is 2.91. The number of nitrogens with zero attached hydrogens (tertiary/aromatic N) is 2. The molecule has 114 valence electrons. The first kappa shape index (κ1) is 16.3. The van der Waals surface area contributed by atoms with Crippen molar-refractivity contribution in [3.63, 3.8) is 0 Å². The van der Waals surface area contributed by atoms with E-state index >= 15 is 0 Å². The molecule has 0 saturated carbocycles. The van der Waals surface area contributed by atoms with Crippen LogP contribution in [0.4, 0.5) is 8.78 Å². The molecule has 0 bridgehead atoms. The Morgan fingerprint density at radius 2 is 2.00 bits per heavy atom. The van der Waals surface area contributed by atoms with Gasteiger partial charge < -0.3 is 5.32 Å². The Kier molecular flexibility index (Phi) is 6.02. The molecule has 7 heteroatoms. The summed E-state index contributed by atoms with van der Waals surface area (Å²) in [5, 5.41) is 12.2. The van der Waals surface area contributed by atoms with E-state index in [0.717, 1.165) is 49.5 Å². The molecule has 1 N–H and O–H groups in total. The Hall–Kier alpha value is -1.11. The molecular weight excluding hydrogens is 316 g/mol. The first-order valence-corrected chi connectivity index (χ1v) is 7.99. The Bertz CT molecular complexity index is 604. The van der Waals surface area contributed by atoms with Crippen molar-refractivity contribution in [2.75, 3.05) is 13.1 Å². The van der Waals surface area contributed by atoms with Crippen LogP contribution in [0.1, 0.15) is 24.8 Å². The summed E-state index contributed by atoms with van der Waals surface area (Å²) in [4.78, 5) is 0. The first-order chi connectivity index (χ1) is 10.1. The molecule has 1 aromatic carbocycles. The topological polar surface area (TPSA) is 37.8 Å². The van der Waals surface area contributed by atoms with Crippen LogP contribution < -0.4 is 5.32 Å². The van der Waals surface area contributed by atoms with Gasteiger partial charge in [0.25, 0.3) is 0 Å². The number of aromatic nitrogens is 2. The number of rotatable bonds is 7. The Morgan fingerprint density at radius 1 is 1.19 bits per heavy atom. The molecule has 0 radical (unpaired) electrons. The van der Waals surface area contributed by atoms with Gasteiger partial charge in [0.1, 0.15) is 16.6 Å². The molecule has 0 fully saturated rings. The highest BCUT2D eigenvalue weighted by atomic mass is 35.5. The van der Waals surface area contributed by atoms with E-state index in [1.54, 1.807) is 0 Å². The van der Waals surface area contributed by atoms with Gasteiger partial charge in [-0.05, 0) is 38.1 Å². The number of hydrogen-bond acceptors (Lipinski definition) is 4. The zero-order chi connectivity index (χ0) is 15.2. The number of nitrogens with one attached hydrogen (secondary N) is 1. The van der Waals surface area contributed by atoms with Crippen LogP contribution >= 0.6 is 22.9 Å². The Morgan fingerprint density at radius 3 is 2.76 bits per heavy atom. The van der Waals surface area contributed by atoms with E-state index in [0.29, 0.717) is 5.01 Å². The summed E-state index contributed by atoms with van der Waals surface area (Å²) in [6.45, 7) is 4.02. The van der Waals surface area contributed by atoms with Crippen molar-refractivity contribution < 1.29 is 8.78 Å². The second-order valence-electron chi connectivity index (χ2n) is 4.60. The second-order valence-corrected chi connectivity index (χ2v) is 6.07. The molecule has 2 aromatic rings. The molecule has 0 aliphatic heterocycles. The van der Waals surface area contributed by atoms with Crippen LogP contribution in [0.25, 0.3) is 10.6 Å². The normalized spacial score (nSPS) is 11.0. The standard InChI is InChI=1S/C14H16ClF2N3S/c1-2-5-18-6-3-4-13-19-20-14(21-13)9-7-12(17)10(15)8-11(9)16/h7-8,18H,2-6H2,1H3. The van der Waals surface area contributed by atoms with Crippen molar-refractivity contribution in [1.29, 1.82) is 0 Å². The highest BCUT2D eigenvalue weighted by Gasteiger charge is 2.14. The molecule has 0 unspecified atom stereocenters. The molecule has 1 aromatic heterocycles. The van der Waals surface area contributed by atoms with Gasteiger partial charge >= 0.3 is 0 Å². The predicted molar refractivity (Wildman–Crippen MR) is 81.8 cm³/mol. The summed E-state index contributed by atoms with van der Waals surface area (Å²) in [7, 11) is 0. The minimum Gasteiger partial charge on any atom is -0.317 e. The minimum absolute atomic E-state index is 0.102. The zero-order valence-electron chi connectivity index (χ0n) is 11.6. The van der Waals surface area contributed by atoms with Gasteiger partial charge in [-0.15, -0.1) is 10.2 Å². The first-order valence-electron chi connectivity index (χ1n) is 6.79. The second kappa shape index (κ2) is 7.77. The molecule has 2 rings (SSSR count). The van der Waals surface area contributed by atoms with Crippen molar-refractivity contribution in [2.45, 2.75) is 26.2 Å². The number of hydrogen-bond donors (Lipinski definition) is 1. The lowest BCUT2D eigenvalue weighted by atomic mass is 10.2. The van der Waals surface area contributed by atoms with Gasteiger partial charge in [0.2, 0.25) is 0 Å². The SMILES string of the molecule is CCCNCCCc1nnc(-c2cc(F)c(Cl)cc2F)s1. The van der Waals surface area contributed by atoms with E-state index in [1.807, 2.05) is 0 Å². The van der Waals surface area contributed by atoms with E-state index in [4.69, 9.17) is 11.6 Å². The van der Waals surface area contributed by atoms with Gasteiger partial charge in [0.05, 0.1) is 10.6 Å². The molecule has 0 saturated heterocycles. The van der Waals surface area contributed by atoms with Crippen LogP contribution in [0.2, 0.25) is 5.02 Å². The maximum absolute atomic E-state index is 13.8. The molecular formula is C14H16ClF2N3S. The Labute approximate surface area is 131 Å². The number of halogens is 3. The smallest absolute Gasteiger partial charge is 0.150 e. The molecule has 0 aliphatic rings. The van der Waals surface area contributed by atoms with Gasteiger partial charge in [-0.3, -0.25) is 0 Å². The van der Waals surface area contributed by atoms with Crippen molar-refractivity contribution in [2.24, 2.45) is 0 Å². The molecule has 0 amide bonds. The van der Waals surface area contributed by atoms with Crippen LogP contribution in [-0.4, -0.2) is 23.3 Å². The largest absolute Gasteiger partial charge is 0.317 e. The van der Waals surface area contributed by atoms with Crippen LogP contribution in [0.5, 0.6) is 0 Å². The number of benzene rings is 1. The average molecular weight is 332 g/mol. The third-order valence-electron chi connectivity index (χ3n) is 2.88. The van der Waals surface area contributed by atoms with Crippen molar-refractivity contribution in [3.8, 4) is 10.6 Å². The van der Waals surface area contributed by atoms with Crippen LogP contribution in [0.3, 0.4) is 0 Å². The third-order valence-corrected chi connectivity index (χ3v) is 4.18. The van der Waals surface area contributed by atoms with Crippen molar-refractivity contribution in [3.05, 3.63) is 33.8 Å². The molecule has 0 atom stereocenters. The third kappa shape index (κ3) is 4.43. The summed E-state index contributed by atoms with van der Waals surface area (Å²) in [5.41, 5.74) is 0.102. The van der Waals surface area contributed by atoms with Crippen LogP contribution in [0, 0.1) is 11.6 Å². The summed E-state index contributed by atoms with van der Waals surface area (Å²) in [6.07, 6.45) is 2.81. The molecule has 1 heterocycles. The van der Waals surface area contributed by atoms with Crippen LogP contribution in [-0.2, 0) is 6.42 Å². The molecule has 0 aliphatic carbocycles. The maximum atomic E-state index is 13.8. The monoisotopic (exact) mass is 331 g/mol. The molecule has 3 nitrogen and oxygen atoms in total. The summed E-state index contributed by atoms with van der Waals surface area (Å²) >= 11 is 6.81. The quantitative estimate of drug-likeness (QED) is 0.614. The van der Waals surface area contributed by atoms with Gasteiger partial charge in [0.15, 0.2) is 5.01 Å². The Balaban J connectivity index is 2.01. The lowest BCUT2D eigenvalue weighted by molar-refractivity contribution is 0.603. The van der Waals surface area contributed by atoms with Gasteiger partial charge in [-0.2, -0.15) is 0 Å². The summed E-state index contributed by atoms with van der Waals surface area (Å²) in [5.74, 6) is -1.25. The number of aryl methyl sites for hydroxylation is 1. The maximum Gasteiger partial charge on any atom is 0.150 e. The zero-order valence-corrected chi connectivity index (χ0v) is 13.2. The molecule has 0 spiro atoms. The van der Waals surface area contributed by atoms with Crippen molar-refractivity contribution in [1.82, 2.24) is 15.5 Å².